The lowest BCUT2D eigenvalue weighted by Gasteiger charge is -2.32. The molecule has 46 heavy (non-hydrogen) atoms. The third-order valence-corrected chi connectivity index (χ3v) is 8.56. The Morgan fingerprint density at radius 3 is 2.41 bits per heavy atom. The van der Waals surface area contributed by atoms with Crippen molar-refractivity contribution in [2.24, 2.45) is 5.92 Å². The third kappa shape index (κ3) is 7.85. The highest BCUT2D eigenvalue weighted by Gasteiger charge is 2.26. The van der Waals surface area contributed by atoms with Crippen molar-refractivity contribution in [2.45, 2.75) is 52.7 Å². The summed E-state index contributed by atoms with van der Waals surface area (Å²) in [5.41, 5.74) is 4.34. The number of rotatable bonds is 13. The second-order valence-electron chi connectivity index (χ2n) is 11.9. The molecule has 5 rings (SSSR count). The maximum Gasteiger partial charge on any atom is 0.269 e. The lowest BCUT2D eigenvalue weighted by molar-refractivity contribution is -0.384. The maximum absolute atomic E-state index is 14.0. The van der Waals surface area contributed by atoms with Crippen molar-refractivity contribution in [1.29, 1.82) is 0 Å². The summed E-state index contributed by atoms with van der Waals surface area (Å²) in [4.78, 5) is 44.2. The largest absolute Gasteiger partial charge is 0.351 e. The van der Waals surface area contributed by atoms with Gasteiger partial charge in [-0.15, -0.1) is 0 Å². The maximum atomic E-state index is 14.0. The van der Waals surface area contributed by atoms with E-state index in [2.05, 4.69) is 48.4 Å². The van der Waals surface area contributed by atoms with Gasteiger partial charge in [-0.05, 0) is 46.9 Å². The Morgan fingerprint density at radius 2 is 1.70 bits per heavy atom. The van der Waals surface area contributed by atoms with Gasteiger partial charge >= 0.3 is 0 Å². The van der Waals surface area contributed by atoms with Crippen LogP contribution in [0.5, 0.6) is 0 Å². The Balaban J connectivity index is 1.35. The molecule has 0 saturated heterocycles. The summed E-state index contributed by atoms with van der Waals surface area (Å²) in [6, 6.07) is 28.0. The van der Waals surface area contributed by atoms with Gasteiger partial charge in [-0.25, -0.2) is 4.98 Å². The molecule has 0 saturated carbocycles. The molecule has 0 unspecified atom stereocenters. The van der Waals surface area contributed by atoms with Crippen LogP contribution in [0.2, 0.25) is 0 Å². The number of amides is 2. The minimum atomic E-state index is -0.429. The quantitative estimate of drug-likeness (QED) is 0.117. The summed E-state index contributed by atoms with van der Waals surface area (Å²) in [6.45, 7) is 7.35. The molecule has 9 heteroatoms. The van der Waals surface area contributed by atoms with E-state index in [0.717, 1.165) is 39.6 Å². The van der Waals surface area contributed by atoms with Crippen LogP contribution in [0.3, 0.4) is 0 Å². The third-order valence-electron chi connectivity index (χ3n) is 8.56. The van der Waals surface area contributed by atoms with Crippen molar-refractivity contribution in [2.75, 3.05) is 6.54 Å². The second kappa shape index (κ2) is 14.6. The molecule has 9 nitrogen and oxygen atoms in total. The van der Waals surface area contributed by atoms with Crippen molar-refractivity contribution in [3.05, 3.63) is 142 Å². The zero-order valence-corrected chi connectivity index (χ0v) is 26.4. The number of non-ortho nitro benzene ring substituents is 1. The number of imidazole rings is 1. The first-order valence-corrected chi connectivity index (χ1v) is 15.6. The van der Waals surface area contributed by atoms with E-state index >= 15 is 0 Å². The van der Waals surface area contributed by atoms with Gasteiger partial charge < -0.3 is 14.8 Å². The average Bonchev–Trinajstić information content (AvgIpc) is 3.49. The number of hydrogen-bond donors (Lipinski definition) is 1. The molecule has 2 amide bonds. The van der Waals surface area contributed by atoms with Crippen LogP contribution in [0, 0.1) is 23.0 Å². The first-order valence-electron chi connectivity index (χ1n) is 15.6. The van der Waals surface area contributed by atoms with Gasteiger partial charge in [-0.3, -0.25) is 19.7 Å². The van der Waals surface area contributed by atoms with Gasteiger partial charge in [-0.2, -0.15) is 0 Å². The molecule has 1 aromatic heterocycles. The van der Waals surface area contributed by atoms with Crippen LogP contribution < -0.4 is 5.32 Å². The predicted octanol–water partition coefficient (Wildman–Crippen LogP) is 6.72. The highest BCUT2D eigenvalue weighted by Crippen LogP contribution is 2.23. The molecule has 0 aliphatic heterocycles. The van der Waals surface area contributed by atoms with Crippen molar-refractivity contribution in [3.63, 3.8) is 0 Å². The van der Waals surface area contributed by atoms with Crippen LogP contribution in [-0.2, 0) is 24.3 Å². The number of nitro groups is 1. The van der Waals surface area contributed by atoms with Crippen LogP contribution in [0.4, 0.5) is 5.69 Å². The number of nitrogens with one attached hydrogen (secondary N) is 1. The van der Waals surface area contributed by atoms with E-state index in [-0.39, 0.29) is 35.9 Å². The highest BCUT2D eigenvalue weighted by molar-refractivity contribution is 5.95. The van der Waals surface area contributed by atoms with E-state index < -0.39 is 4.92 Å². The second-order valence-corrected chi connectivity index (χ2v) is 11.9. The monoisotopic (exact) mass is 617 g/mol. The number of carbonyl (C=O) groups excluding carboxylic acids is 2. The number of hydrogen-bond acceptors (Lipinski definition) is 5. The van der Waals surface area contributed by atoms with Gasteiger partial charge in [0.1, 0.15) is 0 Å². The summed E-state index contributed by atoms with van der Waals surface area (Å²) in [5, 5.41) is 16.5. The van der Waals surface area contributed by atoms with Crippen molar-refractivity contribution >= 4 is 28.3 Å². The average molecular weight is 618 g/mol. The topological polar surface area (TPSA) is 110 Å². The zero-order valence-electron chi connectivity index (χ0n) is 26.4. The van der Waals surface area contributed by atoms with Gasteiger partial charge in [-0.1, -0.05) is 92.6 Å². The SMILES string of the molecule is CC[C@H](C)[C@@H](CN(Cc1cccc2ccccc12)C(=O)c1ccc(C)cc1)NC(=O)Cc1cncn1Cc1ccc([N+](=O)[O-])cc1. The number of benzene rings is 4. The van der Waals surface area contributed by atoms with Gasteiger partial charge in [0.05, 0.1) is 17.7 Å². The molecular weight excluding hydrogens is 578 g/mol. The van der Waals surface area contributed by atoms with E-state index in [1.54, 1.807) is 24.7 Å². The van der Waals surface area contributed by atoms with Crippen molar-refractivity contribution < 1.29 is 14.5 Å². The summed E-state index contributed by atoms with van der Waals surface area (Å²) < 4.78 is 1.87. The molecule has 0 fully saturated rings. The van der Waals surface area contributed by atoms with Crippen molar-refractivity contribution in [1.82, 2.24) is 19.8 Å². The van der Waals surface area contributed by atoms with E-state index in [0.29, 0.717) is 25.2 Å². The molecule has 1 N–H and O–H groups in total. The molecule has 4 aromatic carbocycles. The van der Waals surface area contributed by atoms with Crippen LogP contribution in [0.25, 0.3) is 10.8 Å². The molecule has 0 aliphatic rings. The Labute approximate surface area is 269 Å². The molecular formula is C37H39N5O4. The number of fused-ring (bicyclic) bond motifs is 1. The Hall–Kier alpha value is -5.31. The fourth-order valence-electron chi connectivity index (χ4n) is 5.60. The normalized spacial score (nSPS) is 12.4. The van der Waals surface area contributed by atoms with Crippen molar-refractivity contribution in [3.8, 4) is 0 Å². The fraction of sp³-hybridized carbons (Fsp3) is 0.270. The summed E-state index contributed by atoms with van der Waals surface area (Å²) in [6.07, 6.45) is 4.25. The first-order chi connectivity index (χ1) is 22.2. The van der Waals surface area contributed by atoms with Gasteiger partial charge in [0.15, 0.2) is 0 Å². The fourth-order valence-corrected chi connectivity index (χ4v) is 5.60. The summed E-state index contributed by atoms with van der Waals surface area (Å²) in [5.74, 6) is -0.143. The molecule has 1 heterocycles. The van der Waals surface area contributed by atoms with Gasteiger partial charge in [0.25, 0.3) is 11.6 Å². The van der Waals surface area contributed by atoms with Gasteiger partial charge in [0, 0.05) is 55.3 Å². The molecule has 0 spiro atoms. The summed E-state index contributed by atoms with van der Waals surface area (Å²) >= 11 is 0. The highest BCUT2D eigenvalue weighted by atomic mass is 16.6. The molecule has 5 aromatic rings. The van der Waals surface area contributed by atoms with E-state index in [4.69, 9.17) is 0 Å². The molecule has 0 bridgehead atoms. The molecule has 2 atom stereocenters. The molecule has 0 radical (unpaired) electrons. The first kappa shape index (κ1) is 32.1. The standard InChI is InChI=1S/C37H39N5O4/c1-4-27(3)35(39-36(43)20-33-21-38-25-41(33)22-28-14-18-32(19-15-28)42(45)46)24-40(37(44)30-16-12-26(2)13-17-30)23-31-10-7-9-29-8-5-6-11-34(29)31/h5-19,21,25,27,35H,4,20,22-24H2,1-3H3,(H,39,43)/t27-,35+/m0/s1. The Kier molecular flexibility index (Phi) is 10.2. The number of aromatic nitrogens is 2. The summed E-state index contributed by atoms with van der Waals surface area (Å²) in [7, 11) is 0. The van der Waals surface area contributed by atoms with Gasteiger partial charge in [0.2, 0.25) is 5.91 Å². The lowest BCUT2D eigenvalue weighted by atomic mass is 9.97. The molecule has 0 aliphatic carbocycles. The number of nitrogens with zero attached hydrogens (tertiary/aromatic N) is 4. The minimum Gasteiger partial charge on any atom is -0.351 e. The van der Waals surface area contributed by atoms with E-state index in [9.17, 15) is 19.7 Å². The minimum absolute atomic E-state index is 0.0282. The number of carbonyl (C=O) groups is 2. The van der Waals surface area contributed by atoms with Crippen LogP contribution in [0.15, 0.2) is 104 Å². The Bertz CT molecular complexity index is 1810. The number of nitro benzene ring substituents is 1. The Morgan fingerprint density at radius 1 is 0.978 bits per heavy atom. The van der Waals surface area contributed by atoms with E-state index in [1.165, 1.54) is 12.1 Å². The predicted molar refractivity (Wildman–Crippen MR) is 179 cm³/mol. The lowest BCUT2D eigenvalue weighted by Crippen LogP contribution is -2.49. The van der Waals surface area contributed by atoms with Crippen LogP contribution >= 0.6 is 0 Å². The zero-order chi connectivity index (χ0) is 32.6. The molecule has 236 valence electrons. The number of aryl methyl sites for hydroxylation is 1. The van der Waals surface area contributed by atoms with Crippen LogP contribution in [0.1, 0.15) is 53.0 Å². The van der Waals surface area contributed by atoms with Crippen LogP contribution in [-0.4, -0.2) is 43.8 Å². The smallest absolute Gasteiger partial charge is 0.269 e. The van der Waals surface area contributed by atoms with E-state index in [1.807, 2.05) is 58.9 Å².